The van der Waals surface area contributed by atoms with Crippen LogP contribution in [0.5, 0.6) is 0 Å². The fourth-order valence-corrected chi connectivity index (χ4v) is 4.00. The lowest BCUT2D eigenvalue weighted by Gasteiger charge is -2.11. The van der Waals surface area contributed by atoms with E-state index in [1.165, 1.54) is 4.88 Å². The zero-order valence-electron chi connectivity index (χ0n) is 13.0. The Hall–Kier alpha value is -1.86. The van der Waals surface area contributed by atoms with Crippen LogP contribution in [0.25, 0.3) is 0 Å². The van der Waals surface area contributed by atoms with E-state index >= 15 is 0 Å². The molecule has 1 heterocycles. The van der Waals surface area contributed by atoms with E-state index in [0.717, 1.165) is 0 Å². The van der Waals surface area contributed by atoms with Crippen molar-refractivity contribution in [1.82, 2.24) is 10.6 Å². The van der Waals surface area contributed by atoms with Gasteiger partial charge in [-0.2, -0.15) is 0 Å². The summed E-state index contributed by atoms with van der Waals surface area (Å²) in [5, 5.41) is 8.37. The number of rotatable bonds is 7. The molecule has 1 aromatic carbocycles. The van der Waals surface area contributed by atoms with Crippen molar-refractivity contribution >= 4 is 27.1 Å². The SMILES string of the molecule is CN=C(NCCCS(=O)(=O)c1ccccc1)NCc1cccs1. The molecule has 2 aromatic rings. The molecule has 1 aromatic heterocycles. The molecule has 7 heteroatoms. The number of nitrogens with one attached hydrogen (secondary N) is 2. The summed E-state index contributed by atoms with van der Waals surface area (Å²) >= 11 is 1.68. The molecular formula is C16H21N3O2S2. The van der Waals surface area contributed by atoms with Gasteiger partial charge in [-0.05, 0) is 30.0 Å². The first kappa shape index (κ1) is 17.5. The Kier molecular flexibility index (Phi) is 6.61. The van der Waals surface area contributed by atoms with E-state index < -0.39 is 9.84 Å². The van der Waals surface area contributed by atoms with Gasteiger partial charge in [-0.25, -0.2) is 8.42 Å². The minimum atomic E-state index is -3.21. The van der Waals surface area contributed by atoms with Crippen LogP contribution in [0.15, 0.2) is 57.7 Å². The summed E-state index contributed by atoms with van der Waals surface area (Å²) in [7, 11) is -1.51. The lowest BCUT2D eigenvalue weighted by molar-refractivity contribution is 0.592. The number of benzene rings is 1. The molecule has 0 amide bonds. The predicted molar refractivity (Wildman–Crippen MR) is 95.6 cm³/mol. The molecule has 0 fully saturated rings. The number of guanidine groups is 1. The summed E-state index contributed by atoms with van der Waals surface area (Å²) in [6, 6.07) is 12.6. The average molecular weight is 351 g/mol. The Balaban J connectivity index is 1.73. The maximum absolute atomic E-state index is 12.2. The zero-order chi connectivity index (χ0) is 16.5. The van der Waals surface area contributed by atoms with Gasteiger partial charge in [0.05, 0.1) is 17.2 Å². The van der Waals surface area contributed by atoms with Crippen LogP contribution in [0.4, 0.5) is 0 Å². The molecule has 0 aliphatic rings. The monoisotopic (exact) mass is 351 g/mol. The topological polar surface area (TPSA) is 70.6 Å². The maximum Gasteiger partial charge on any atom is 0.191 e. The summed E-state index contributed by atoms with van der Waals surface area (Å²) < 4.78 is 24.3. The summed E-state index contributed by atoms with van der Waals surface area (Å²) in [6.07, 6.45) is 0.525. The minimum Gasteiger partial charge on any atom is -0.356 e. The molecule has 0 saturated heterocycles. The van der Waals surface area contributed by atoms with E-state index in [1.807, 2.05) is 17.5 Å². The van der Waals surface area contributed by atoms with Crippen molar-refractivity contribution in [3.8, 4) is 0 Å². The average Bonchev–Trinajstić information content (AvgIpc) is 3.08. The van der Waals surface area contributed by atoms with Gasteiger partial charge in [-0.3, -0.25) is 4.99 Å². The standard InChI is InChI=1S/C16H21N3O2S2/c1-17-16(19-13-14-7-5-11-22-14)18-10-6-12-23(20,21)15-8-3-2-4-9-15/h2-5,7-9,11H,6,10,12-13H2,1H3,(H2,17,18,19). The molecule has 0 atom stereocenters. The highest BCUT2D eigenvalue weighted by Gasteiger charge is 2.13. The molecule has 0 aliphatic carbocycles. The van der Waals surface area contributed by atoms with Gasteiger partial charge in [0.2, 0.25) is 0 Å². The van der Waals surface area contributed by atoms with Crippen molar-refractivity contribution < 1.29 is 8.42 Å². The van der Waals surface area contributed by atoms with Gasteiger partial charge in [0.1, 0.15) is 0 Å². The van der Waals surface area contributed by atoms with E-state index in [1.54, 1.807) is 42.6 Å². The van der Waals surface area contributed by atoms with E-state index in [2.05, 4.69) is 21.7 Å². The molecule has 5 nitrogen and oxygen atoms in total. The second-order valence-corrected chi connectivity index (χ2v) is 8.06. The number of aliphatic imine (C=N–C) groups is 1. The summed E-state index contributed by atoms with van der Waals surface area (Å²) in [6.45, 7) is 1.26. The van der Waals surface area contributed by atoms with Crippen LogP contribution >= 0.6 is 11.3 Å². The Morgan fingerprint density at radius 3 is 2.57 bits per heavy atom. The van der Waals surface area contributed by atoms with Crippen molar-refractivity contribution in [1.29, 1.82) is 0 Å². The highest BCUT2D eigenvalue weighted by Crippen LogP contribution is 2.10. The summed E-state index contributed by atoms with van der Waals surface area (Å²) in [4.78, 5) is 5.73. The lowest BCUT2D eigenvalue weighted by atomic mass is 10.4. The van der Waals surface area contributed by atoms with Gasteiger partial charge in [-0.15, -0.1) is 11.3 Å². The molecule has 2 rings (SSSR count). The predicted octanol–water partition coefficient (Wildman–Crippen LogP) is 2.28. The fourth-order valence-electron chi connectivity index (χ4n) is 2.02. The minimum absolute atomic E-state index is 0.117. The molecule has 0 radical (unpaired) electrons. The van der Waals surface area contributed by atoms with Crippen molar-refractivity contribution in [2.24, 2.45) is 4.99 Å². The van der Waals surface area contributed by atoms with Crippen LogP contribution in [-0.4, -0.2) is 33.7 Å². The van der Waals surface area contributed by atoms with E-state index in [-0.39, 0.29) is 5.75 Å². The third kappa shape index (κ3) is 5.69. The lowest BCUT2D eigenvalue weighted by Crippen LogP contribution is -2.37. The molecule has 124 valence electrons. The van der Waals surface area contributed by atoms with Gasteiger partial charge in [0, 0.05) is 18.5 Å². The third-order valence-electron chi connectivity index (χ3n) is 3.22. The van der Waals surface area contributed by atoms with Gasteiger partial charge >= 0.3 is 0 Å². The zero-order valence-corrected chi connectivity index (χ0v) is 14.7. The first-order chi connectivity index (χ1) is 11.1. The van der Waals surface area contributed by atoms with Crippen LogP contribution in [0.1, 0.15) is 11.3 Å². The molecule has 23 heavy (non-hydrogen) atoms. The van der Waals surface area contributed by atoms with Crippen molar-refractivity contribution in [2.75, 3.05) is 19.3 Å². The van der Waals surface area contributed by atoms with E-state index in [0.29, 0.717) is 30.4 Å². The van der Waals surface area contributed by atoms with Crippen LogP contribution in [0.3, 0.4) is 0 Å². The quantitative estimate of drug-likeness (QED) is 0.456. The Morgan fingerprint density at radius 1 is 1.13 bits per heavy atom. The van der Waals surface area contributed by atoms with E-state index in [9.17, 15) is 8.42 Å². The van der Waals surface area contributed by atoms with Gasteiger partial charge in [0.25, 0.3) is 0 Å². The molecule has 0 unspecified atom stereocenters. The Labute approximate surface area is 141 Å². The van der Waals surface area contributed by atoms with Gasteiger partial charge in [-0.1, -0.05) is 24.3 Å². The molecule has 0 bridgehead atoms. The van der Waals surface area contributed by atoms with Crippen LogP contribution in [0, 0.1) is 0 Å². The molecule has 0 aliphatic heterocycles. The largest absolute Gasteiger partial charge is 0.356 e. The maximum atomic E-state index is 12.2. The number of hydrogen-bond acceptors (Lipinski definition) is 4. The third-order valence-corrected chi connectivity index (χ3v) is 5.91. The highest BCUT2D eigenvalue weighted by molar-refractivity contribution is 7.91. The van der Waals surface area contributed by atoms with Crippen LogP contribution in [0.2, 0.25) is 0 Å². The second kappa shape index (κ2) is 8.69. The molecule has 0 saturated carbocycles. The van der Waals surface area contributed by atoms with Crippen molar-refractivity contribution in [2.45, 2.75) is 17.9 Å². The van der Waals surface area contributed by atoms with Gasteiger partial charge in [0.15, 0.2) is 15.8 Å². The van der Waals surface area contributed by atoms with Gasteiger partial charge < -0.3 is 10.6 Å². The van der Waals surface area contributed by atoms with Crippen molar-refractivity contribution in [3.05, 3.63) is 52.7 Å². The summed E-state index contributed by atoms with van der Waals surface area (Å²) in [5.74, 6) is 0.793. The molecular weight excluding hydrogens is 330 g/mol. The fraction of sp³-hybridized carbons (Fsp3) is 0.312. The first-order valence-electron chi connectivity index (χ1n) is 7.36. The summed E-state index contributed by atoms with van der Waals surface area (Å²) in [5.41, 5.74) is 0. The number of hydrogen-bond donors (Lipinski definition) is 2. The Morgan fingerprint density at radius 2 is 1.91 bits per heavy atom. The first-order valence-corrected chi connectivity index (χ1v) is 9.90. The van der Waals surface area contributed by atoms with E-state index in [4.69, 9.17) is 0 Å². The van der Waals surface area contributed by atoms with Crippen LogP contribution in [-0.2, 0) is 16.4 Å². The number of nitrogens with zero attached hydrogens (tertiary/aromatic N) is 1. The number of sulfone groups is 1. The normalized spacial score (nSPS) is 12.1. The smallest absolute Gasteiger partial charge is 0.191 e. The second-order valence-electron chi connectivity index (χ2n) is 4.92. The molecule has 2 N–H and O–H groups in total. The highest BCUT2D eigenvalue weighted by atomic mass is 32.2. The molecule has 0 spiro atoms. The van der Waals surface area contributed by atoms with Crippen LogP contribution < -0.4 is 10.6 Å². The Bertz CT molecular complexity index is 711. The van der Waals surface area contributed by atoms with Crippen molar-refractivity contribution in [3.63, 3.8) is 0 Å². The number of thiophene rings is 1.